The Balaban J connectivity index is 1.67. The molecule has 3 aromatic heterocycles. The van der Waals surface area contributed by atoms with Crippen LogP contribution in [0.5, 0.6) is 0 Å². The highest BCUT2D eigenvalue weighted by molar-refractivity contribution is 5.72. The highest BCUT2D eigenvalue weighted by Gasteiger charge is 2.38. The van der Waals surface area contributed by atoms with Gasteiger partial charge in [-0.2, -0.15) is 5.10 Å². The lowest BCUT2D eigenvalue weighted by molar-refractivity contribution is 0.571. The molecule has 126 valence electrons. The molecular weight excluding hydrogens is 326 g/mol. The van der Waals surface area contributed by atoms with Crippen molar-refractivity contribution in [3.63, 3.8) is 0 Å². The molecule has 0 radical (unpaired) electrons. The Kier molecular flexibility index (Phi) is 3.28. The number of aromatic nitrogens is 5. The number of H-pyrrole nitrogens is 1. The van der Waals surface area contributed by atoms with Crippen LogP contribution in [-0.4, -0.2) is 25.1 Å². The fourth-order valence-corrected chi connectivity index (χ4v) is 3.58. The van der Waals surface area contributed by atoms with Crippen LogP contribution in [0.3, 0.4) is 0 Å². The Labute approximate surface area is 149 Å². The van der Waals surface area contributed by atoms with E-state index in [-0.39, 0.29) is 5.41 Å². The molecule has 6 heteroatoms. The molecule has 0 spiro atoms. The monoisotopic (exact) mass is 341 g/mol. The minimum absolute atomic E-state index is 0.377. The number of rotatable bonds is 3. The van der Waals surface area contributed by atoms with E-state index < -0.39 is 0 Å². The Hall–Kier alpha value is -3.54. The maximum absolute atomic E-state index is 5.42. The molecule has 1 aliphatic carbocycles. The number of benzene rings is 1. The quantitative estimate of drug-likeness (QED) is 0.617. The third-order valence-corrected chi connectivity index (χ3v) is 4.84. The summed E-state index contributed by atoms with van der Waals surface area (Å²) < 4.78 is 5.42. The van der Waals surface area contributed by atoms with Crippen molar-refractivity contribution in [2.24, 2.45) is 0 Å². The second kappa shape index (κ2) is 5.77. The van der Waals surface area contributed by atoms with Gasteiger partial charge in [-0.1, -0.05) is 42.5 Å². The summed E-state index contributed by atoms with van der Waals surface area (Å²) in [7, 11) is 0. The van der Waals surface area contributed by atoms with Crippen molar-refractivity contribution in [1.29, 1.82) is 0 Å². The summed E-state index contributed by atoms with van der Waals surface area (Å²) in [6, 6.07) is 12.3. The molecule has 4 aromatic rings. The molecule has 5 rings (SSSR count). The Morgan fingerprint density at radius 1 is 1.04 bits per heavy atom. The Bertz CT molecular complexity index is 1010. The van der Waals surface area contributed by atoms with Crippen LogP contribution < -0.4 is 0 Å². The van der Waals surface area contributed by atoms with Gasteiger partial charge in [0.25, 0.3) is 0 Å². The highest BCUT2D eigenvalue weighted by atomic mass is 16.3. The lowest BCUT2D eigenvalue weighted by atomic mass is 9.70. The van der Waals surface area contributed by atoms with Gasteiger partial charge in [0.2, 0.25) is 5.89 Å². The van der Waals surface area contributed by atoms with Crippen LogP contribution in [0, 0.1) is 0 Å². The SMILES string of the molecule is C1=CC(c2ccccc2)(c2ccncn2)Cc2[nH]nc(-c3ncco3)c21. The zero-order valence-corrected chi connectivity index (χ0v) is 13.8. The van der Waals surface area contributed by atoms with Crippen LogP contribution in [0.1, 0.15) is 22.5 Å². The third kappa shape index (κ3) is 2.19. The molecule has 0 saturated carbocycles. The predicted molar refractivity (Wildman–Crippen MR) is 96.1 cm³/mol. The molecule has 0 aliphatic heterocycles. The number of oxazole rings is 1. The van der Waals surface area contributed by atoms with Crippen LogP contribution >= 0.6 is 0 Å². The summed E-state index contributed by atoms with van der Waals surface area (Å²) in [5.41, 5.74) is 4.51. The van der Waals surface area contributed by atoms with Crippen LogP contribution in [-0.2, 0) is 11.8 Å². The summed E-state index contributed by atoms with van der Waals surface area (Å²) >= 11 is 0. The minimum atomic E-state index is -0.377. The highest BCUT2D eigenvalue weighted by Crippen LogP contribution is 2.41. The van der Waals surface area contributed by atoms with Crippen molar-refractivity contribution >= 4 is 6.08 Å². The van der Waals surface area contributed by atoms with E-state index in [1.807, 2.05) is 24.3 Å². The fraction of sp³-hybridized carbons (Fsp3) is 0.100. The lowest BCUT2D eigenvalue weighted by Crippen LogP contribution is -2.31. The molecule has 26 heavy (non-hydrogen) atoms. The lowest BCUT2D eigenvalue weighted by Gasteiger charge is -2.33. The summed E-state index contributed by atoms with van der Waals surface area (Å²) in [6.07, 6.45) is 11.5. The first-order chi connectivity index (χ1) is 12.9. The van der Waals surface area contributed by atoms with Crippen LogP contribution in [0.15, 0.2) is 71.9 Å². The van der Waals surface area contributed by atoms with Gasteiger partial charge in [-0.05, 0) is 11.6 Å². The molecule has 1 aliphatic rings. The molecule has 0 saturated heterocycles. The van der Waals surface area contributed by atoms with Gasteiger partial charge in [-0.15, -0.1) is 0 Å². The number of hydrogen-bond acceptors (Lipinski definition) is 5. The van der Waals surface area contributed by atoms with Gasteiger partial charge in [0.15, 0.2) is 5.69 Å². The van der Waals surface area contributed by atoms with Crippen LogP contribution in [0.4, 0.5) is 0 Å². The van der Waals surface area contributed by atoms with E-state index in [1.54, 1.807) is 25.0 Å². The zero-order chi connectivity index (χ0) is 17.4. The Morgan fingerprint density at radius 3 is 2.73 bits per heavy atom. The topological polar surface area (TPSA) is 80.5 Å². The smallest absolute Gasteiger partial charge is 0.247 e. The first-order valence-corrected chi connectivity index (χ1v) is 8.35. The van der Waals surface area contributed by atoms with E-state index in [4.69, 9.17) is 4.42 Å². The minimum Gasteiger partial charge on any atom is -0.443 e. The molecule has 3 heterocycles. The van der Waals surface area contributed by atoms with Gasteiger partial charge in [-0.25, -0.2) is 15.0 Å². The Morgan fingerprint density at radius 2 is 1.96 bits per heavy atom. The predicted octanol–water partition coefficient (Wildman–Crippen LogP) is 3.41. The van der Waals surface area contributed by atoms with Gasteiger partial charge in [-0.3, -0.25) is 5.10 Å². The largest absolute Gasteiger partial charge is 0.443 e. The number of fused-ring (bicyclic) bond motifs is 1. The van der Waals surface area contributed by atoms with Gasteiger partial charge in [0.05, 0.1) is 17.3 Å². The molecule has 6 nitrogen and oxygen atoms in total. The van der Waals surface area contributed by atoms with Crippen molar-refractivity contribution in [3.8, 4) is 11.6 Å². The summed E-state index contributed by atoms with van der Waals surface area (Å²) in [4.78, 5) is 12.8. The standard InChI is InChI=1S/C20H15N5O/c1-2-4-14(5-3-1)20(17-7-9-21-13-23-17)8-6-15-16(12-20)24-25-18(15)19-22-10-11-26-19/h1-11,13H,12H2,(H,24,25). The van der Waals surface area contributed by atoms with Gasteiger partial charge >= 0.3 is 0 Å². The number of allylic oxidation sites excluding steroid dienone is 1. The van der Waals surface area contributed by atoms with E-state index in [0.29, 0.717) is 12.3 Å². The van der Waals surface area contributed by atoms with Gasteiger partial charge in [0, 0.05) is 23.9 Å². The molecular formula is C20H15N5O. The molecule has 0 bridgehead atoms. The maximum atomic E-state index is 5.42. The fourth-order valence-electron chi connectivity index (χ4n) is 3.58. The average molecular weight is 341 g/mol. The van der Waals surface area contributed by atoms with Crippen molar-refractivity contribution in [1.82, 2.24) is 25.1 Å². The zero-order valence-electron chi connectivity index (χ0n) is 13.8. The first kappa shape index (κ1) is 14.8. The average Bonchev–Trinajstić information content (AvgIpc) is 3.38. The van der Waals surface area contributed by atoms with Gasteiger partial charge in [0.1, 0.15) is 12.6 Å². The molecule has 1 N–H and O–H groups in total. The first-order valence-electron chi connectivity index (χ1n) is 8.35. The molecule has 0 amide bonds. The molecule has 0 fully saturated rings. The van der Waals surface area contributed by atoms with E-state index in [9.17, 15) is 0 Å². The van der Waals surface area contributed by atoms with Crippen molar-refractivity contribution in [2.45, 2.75) is 11.8 Å². The number of hydrogen-bond donors (Lipinski definition) is 1. The molecule has 1 aromatic carbocycles. The van der Waals surface area contributed by atoms with E-state index in [1.165, 1.54) is 5.56 Å². The molecule has 1 atom stereocenters. The summed E-state index contributed by atoms with van der Waals surface area (Å²) in [5.74, 6) is 0.515. The number of nitrogens with one attached hydrogen (secondary N) is 1. The van der Waals surface area contributed by atoms with E-state index in [2.05, 4.69) is 49.4 Å². The number of nitrogens with zero attached hydrogens (tertiary/aromatic N) is 4. The van der Waals surface area contributed by atoms with Crippen LogP contribution in [0.25, 0.3) is 17.7 Å². The van der Waals surface area contributed by atoms with Crippen molar-refractivity contribution < 1.29 is 4.42 Å². The molecule has 1 unspecified atom stereocenters. The summed E-state index contributed by atoms with van der Waals surface area (Å²) in [5, 5.41) is 7.59. The van der Waals surface area contributed by atoms with Crippen molar-refractivity contribution in [2.75, 3.05) is 0 Å². The number of aromatic amines is 1. The van der Waals surface area contributed by atoms with Crippen molar-refractivity contribution in [3.05, 3.63) is 90.0 Å². The normalized spacial score (nSPS) is 18.6. The maximum Gasteiger partial charge on any atom is 0.247 e. The van der Waals surface area contributed by atoms with E-state index >= 15 is 0 Å². The summed E-state index contributed by atoms with van der Waals surface area (Å²) in [6.45, 7) is 0. The van der Waals surface area contributed by atoms with Crippen LogP contribution in [0.2, 0.25) is 0 Å². The van der Waals surface area contributed by atoms with E-state index in [0.717, 1.165) is 22.6 Å². The second-order valence-electron chi connectivity index (χ2n) is 6.24. The third-order valence-electron chi connectivity index (χ3n) is 4.84. The van der Waals surface area contributed by atoms with Gasteiger partial charge < -0.3 is 4.42 Å². The second-order valence-corrected chi connectivity index (χ2v) is 6.24.